The lowest BCUT2D eigenvalue weighted by Crippen LogP contribution is -2.30. The monoisotopic (exact) mass is 566 g/mol. The van der Waals surface area contributed by atoms with Crippen molar-refractivity contribution in [2.45, 2.75) is 6.92 Å². The molecule has 2 aromatic rings. The second kappa shape index (κ2) is 10.7. The molecule has 2 aromatic carbocycles. The molecular weight excluding hydrogens is 544 g/mol. The Kier molecular flexibility index (Phi) is 8.16. The number of amides is 2. The Hall–Kier alpha value is -2.14. The van der Waals surface area contributed by atoms with Crippen molar-refractivity contribution >= 4 is 60.7 Å². The first-order valence-corrected chi connectivity index (χ1v) is 11.5. The fourth-order valence-electron chi connectivity index (χ4n) is 3.34. The molecule has 0 N–H and O–H groups in total. The van der Waals surface area contributed by atoms with Crippen LogP contribution < -0.4 is 4.90 Å². The summed E-state index contributed by atoms with van der Waals surface area (Å²) in [5.41, 5.74) is 3.78. The maximum Gasteiger partial charge on any atom is 0.262 e. The second-order valence-corrected chi connectivity index (χ2v) is 8.90. The van der Waals surface area contributed by atoms with Gasteiger partial charge >= 0.3 is 0 Å². The van der Waals surface area contributed by atoms with Crippen molar-refractivity contribution in [3.05, 3.63) is 49.9 Å². The van der Waals surface area contributed by atoms with Crippen LogP contribution in [0.25, 0.3) is 0 Å². The Bertz CT molecular complexity index is 1070. The first-order valence-electron chi connectivity index (χ1n) is 9.89. The van der Waals surface area contributed by atoms with Crippen molar-refractivity contribution in [1.82, 2.24) is 4.90 Å². The van der Waals surface area contributed by atoms with Crippen LogP contribution in [0.3, 0.4) is 0 Å². The van der Waals surface area contributed by atoms with E-state index in [9.17, 15) is 9.59 Å². The van der Waals surface area contributed by atoms with Crippen molar-refractivity contribution in [2.75, 3.05) is 52.5 Å². The zero-order chi connectivity index (χ0) is 23.4. The number of hydrogen-bond acceptors (Lipinski definition) is 7. The van der Waals surface area contributed by atoms with Gasteiger partial charge in [-0.05, 0) is 68.6 Å². The molecule has 1 aliphatic rings. The lowest BCUT2D eigenvalue weighted by atomic mass is 10.1. The maximum atomic E-state index is 12.4. The molecule has 0 aliphatic carbocycles. The van der Waals surface area contributed by atoms with Gasteiger partial charge in [0.1, 0.15) is 5.69 Å². The van der Waals surface area contributed by atoms with E-state index in [0.29, 0.717) is 44.7 Å². The predicted octanol–water partition coefficient (Wildman–Crippen LogP) is 5.26. The minimum Gasteiger partial charge on any atom is -0.383 e. The van der Waals surface area contributed by atoms with E-state index in [1.54, 1.807) is 20.3 Å². The Labute approximate surface area is 203 Å². The molecule has 0 fully saturated rings. The van der Waals surface area contributed by atoms with Gasteiger partial charge in [-0.15, -0.1) is 5.11 Å². The molecule has 1 aliphatic heterocycles. The molecule has 0 aromatic heterocycles. The smallest absolute Gasteiger partial charge is 0.262 e. The number of ether oxygens (including phenoxy) is 2. The lowest BCUT2D eigenvalue weighted by molar-refractivity contribution is 0.0693. The summed E-state index contributed by atoms with van der Waals surface area (Å²) in [6.07, 6.45) is 0. The SMILES string of the molecule is COCCN(CCOC)c1ccc(N=Nc2c(Br)cc3c(c2Br)C(=O)N(C)C3=O)c(C)c1. The molecule has 2 amide bonds. The number of hydrogen-bond donors (Lipinski definition) is 0. The number of imide groups is 1. The van der Waals surface area contributed by atoms with Gasteiger partial charge < -0.3 is 14.4 Å². The highest BCUT2D eigenvalue weighted by molar-refractivity contribution is 9.11. The fourth-order valence-corrected chi connectivity index (χ4v) is 4.79. The summed E-state index contributed by atoms with van der Waals surface area (Å²) in [7, 11) is 4.82. The van der Waals surface area contributed by atoms with Crippen molar-refractivity contribution in [3.63, 3.8) is 0 Å². The molecule has 0 spiro atoms. The van der Waals surface area contributed by atoms with Crippen LogP contribution in [0.5, 0.6) is 0 Å². The second-order valence-electron chi connectivity index (χ2n) is 7.26. The number of nitrogens with zero attached hydrogens (tertiary/aromatic N) is 4. The number of fused-ring (bicyclic) bond motifs is 1. The number of benzene rings is 2. The largest absolute Gasteiger partial charge is 0.383 e. The van der Waals surface area contributed by atoms with E-state index in [1.807, 2.05) is 25.1 Å². The Morgan fingerprint density at radius 1 is 1.00 bits per heavy atom. The van der Waals surface area contributed by atoms with Crippen molar-refractivity contribution in [3.8, 4) is 0 Å². The third-order valence-electron chi connectivity index (χ3n) is 5.18. The van der Waals surface area contributed by atoms with Crippen molar-refractivity contribution < 1.29 is 19.1 Å². The van der Waals surface area contributed by atoms with Crippen molar-refractivity contribution in [2.24, 2.45) is 10.2 Å². The Morgan fingerprint density at radius 2 is 1.66 bits per heavy atom. The Balaban J connectivity index is 1.89. The van der Waals surface area contributed by atoms with E-state index in [0.717, 1.165) is 29.2 Å². The summed E-state index contributed by atoms with van der Waals surface area (Å²) in [6, 6.07) is 7.54. The number of anilines is 1. The van der Waals surface area contributed by atoms with Gasteiger partial charge in [-0.25, -0.2) is 0 Å². The van der Waals surface area contributed by atoms with Gasteiger partial charge in [0, 0.05) is 44.5 Å². The quantitative estimate of drug-likeness (QED) is 0.305. The first-order chi connectivity index (χ1) is 15.3. The highest BCUT2D eigenvalue weighted by Gasteiger charge is 2.36. The van der Waals surface area contributed by atoms with Crippen LogP contribution in [0.1, 0.15) is 26.3 Å². The summed E-state index contributed by atoms with van der Waals surface area (Å²) in [5, 5.41) is 8.77. The molecule has 0 saturated heterocycles. The zero-order valence-electron chi connectivity index (χ0n) is 18.3. The average Bonchev–Trinajstić information content (AvgIpc) is 2.98. The molecule has 0 unspecified atom stereocenters. The van der Waals surface area contributed by atoms with Gasteiger partial charge in [-0.1, -0.05) is 0 Å². The van der Waals surface area contributed by atoms with Crippen LogP contribution in [0, 0.1) is 6.92 Å². The summed E-state index contributed by atoms with van der Waals surface area (Å²) >= 11 is 6.88. The number of carbonyl (C=O) groups excluding carboxylic acids is 2. The summed E-state index contributed by atoms with van der Waals surface area (Å²) in [6.45, 7) is 4.68. The third-order valence-corrected chi connectivity index (χ3v) is 6.56. The molecule has 0 radical (unpaired) electrons. The highest BCUT2D eigenvalue weighted by atomic mass is 79.9. The minimum atomic E-state index is -0.367. The standard InChI is InChI=1S/C22H24Br2N4O4/c1-13-11-14(28(7-9-31-3)8-10-32-4)5-6-17(13)25-26-20-16(23)12-15-18(19(20)24)22(30)27(2)21(15)29/h5-6,11-12H,7-10H2,1-4H3. The molecule has 0 saturated carbocycles. The van der Waals surface area contributed by atoms with E-state index in [-0.39, 0.29) is 11.8 Å². The molecule has 32 heavy (non-hydrogen) atoms. The van der Waals surface area contributed by atoms with Gasteiger partial charge in [0.2, 0.25) is 0 Å². The Morgan fingerprint density at radius 3 is 2.25 bits per heavy atom. The summed E-state index contributed by atoms with van der Waals surface area (Å²) in [4.78, 5) is 28.0. The lowest BCUT2D eigenvalue weighted by Gasteiger charge is -2.24. The van der Waals surface area contributed by atoms with Gasteiger partial charge in [0.15, 0.2) is 0 Å². The minimum absolute atomic E-state index is 0.300. The van der Waals surface area contributed by atoms with E-state index < -0.39 is 0 Å². The van der Waals surface area contributed by atoms with E-state index in [2.05, 4.69) is 47.0 Å². The first kappa shape index (κ1) is 24.5. The highest BCUT2D eigenvalue weighted by Crippen LogP contribution is 2.42. The number of azo groups is 1. The van der Waals surface area contributed by atoms with Crippen LogP contribution in [-0.4, -0.2) is 64.3 Å². The number of methoxy groups -OCH3 is 2. The number of halogens is 2. The summed E-state index contributed by atoms with van der Waals surface area (Å²) in [5.74, 6) is -0.707. The molecular formula is C22H24Br2N4O4. The van der Waals surface area contributed by atoms with Crippen LogP contribution in [-0.2, 0) is 9.47 Å². The van der Waals surface area contributed by atoms with Crippen LogP contribution in [0.15, 0.2) is 43.4 Å². The molecule has 0 atom stereocenters. The topological polar surface area (TPSA) is 83.8 Å². The number of aryl methyl sites for hydroxylation is 1. The van der Waals surface area contributed by atoms with E-state index in [4.69, 9.17) is 9.47 Å². The van der Waals surface area contributed by atoms with Gasteiger partial charge in [-0.3, -0.25) is 14.5 Å². The average molecular weight is 568 g/mol. The van der Waals surface area contributed by atoms with Gasteiger partial charge in [0.25, 0.3) is 11.8 Å². The van der Waals surface area contributed by atoms with Crippen LogP contribution >= 0.6 is 31.9 Å². The molecule has 8 nitrogen and oxygen atoms in total. The third kappa shape index (κ3) is 4.93. The molecule has 1 heterocycles. The maximum absolute atomic E-state index is 12.4. The zero-order valence-corrected chi connectivity index (χ0v) is 21.5. The molecule has 0 bridgehead atoms. The normalized spacial score (nSPS) is 13.4. The molecule has 3 rings (SSSR count). The summed E-state index contributed by atoms with van der Waals surface area (Å²) < 4.78 is 11.4. The van der Waals surface area contributed by atoms with E-state index >= 15 is 0 Å². The van der Waals surface area contributed by atoms with E-state index in [1.165, 1.54) is 7.05 Å². The van der Waals surface area contributed by atoms with Crippen LogP contribution in [0.2, 0.25) is 0 Å². The van der Waals surface area contributed by atoms with Crippen LogP contribution in [0.4, 0.5) is 17.1 Å². The van der Waals surface area contributed by atoms with Gasteiger partial charge in [-0.2, -0.15) is 5.11 Å². The fraction of sp³-hybridized carbons (Fsp3) is 0.364. The van der Waals surface area contributed by atoms with Crippen molar-refractivity contribution in [1.29, 1.82) is 0 Å². The molecule has 10 heteroatoms. The van der Waals surface area contributed by atoms with Gasteiger partial charge in [0.05, 0.1) is 34.5 Å². The number of carbonyl (C=O) groups is 2. The number of rotatable bonds is 9. The predicted molar refractivity (Wildman–Crippen MR) is 130 cm³/mol. The molecule has 170 valence electrons.